The van der Waals surface area contributed by atoms with Gasteiger partial charge in [0.25, 0.3) is 0 Å². The molecule has 0 unspecified atom stereocenters. The third-order valence-corrected chi connectivity index (χ3v) is 4.21. The second-order valence-corrected chi connectivity index (χ2v) is 5.86. The van der Waals surface area contributed by atoms with Crippen molar-refractivity contribution in [3.63, 3.8) is 0 Å². The number of nitrogens with one attached hydrogen (secondary N) is 2. The van der Waals surface area contributed by atoms with Gasteiger partial charge in [-0.15, -0.1) is 0 Å². The lowest BCUT2D eigenvalue weighted by atomic mass is 10.3. The number of sulfonamides is 1. The monoisotopic (exact) mass is 286 g/mol. The third kappa shape index (κ3) is 5.18. The lowest BCUT2D eigenvalue weighted by Crippen LogP contribution is -2.24. The minimum Gasteiger partial charge on any atom is -0.385 e. The number of unbranched alkanes of at least 4 members (excludes halogenated alkanes) is 1. The fourth-order valence-electron chi connectivity index (χ4n) is 1.71. The summed E-state index contributed by atoms with van der Waals surface area (Å²) in [6.07, 6.45) is 1.88. The van der Waals surface area contributed by atoms with Gasteiger partial charge in [-0.2, -0.15) is 0 Å². The first kappa shape index (κ1) is 15.9. The quantitative estimate of drug-likeness (QED) is 0.680. The summed E-state index contributed by atoms with van der Waals surface area (Å²) in [4.78, 5) is 0.295. The first-order valence-corrected chi connectivity index (χ1v) is 7.91. The van der Waals surface area contributed by atoms with Crippen LogP contribution in [-0.4, -0.2) is 35.2 Å². The average molecular weight is 286 g/mol. The Balaban J connectivity index is 2.68. The highest BCUT2D eigenvalue weighted by Gasteiger charge is 2.16. The van der Waals surface area contributed by atoms with Crippen molar-refractivity contribution in [3.8, 4) is 0 Å². The maximum atomic E-state index is 12.0. The Morgan fingerprint density at radius 2 is 1.95 bits per heavy atom. The van der Waals surface area contributed by atoms with E-state index in [2.05, 4.69) is 10.0 Å². The molecule has 0 saturated heterocycles. The highest BCUT2D eigenvalue weighted by molar-refractivity contribution is 7.89. The van der Waals surface area contributed by atoms with Crippen molar-refractivity contribution in [2.24, 2.45) is 0 Å². The van der Waals surface area contributed by atoms with Crippen molar-refractivity contribution in [2.75, 3.05) is 32.1 Å². The first-order valence-electron chi connectivity index (χ1n) is 6.43. The minimum atomic E-state index is -3.43. The van der Waals surface area contributed by atoms with Crippen molar-refractivity contribution >= 4 is 15.7 Å². The van der Waals surface area contributed by atoms with E-state index in [-0.39, 0.29) is 0 Å². The molecule has 0 bridgehead atoms. The number of para-hydroxylation sites is 1. The number of rotatable bonds is 9. The fourth-order valence-corrected chi connectivity index (χ4v) is 2.93. The van der Waals surface area contributed by atoms with Gasteiger partial charge in [-0.3, -0.25) is 0 Å². The van der Waals surface area contributed by atoms with Crippen LogP contribution < -0.4 is 10.0 Å². The largest absolute Gasteiger partial charge is 0.385 e. The standard InChI is InChI=1S/C13H22N2O3S/c1-3-15-19(16,17)13-9-5-4-8-12(13)14-10-6-7-11-18-2/h4-5,8-9,14-15H,3,6-7,10-11H2,1-2H3. The molecule has 0 spiro atoms. The Morgan fingerprint density at radius 1 is 1.21 bits per heavy atom. The Morgan fingerprint density at radius 3 is 2.63 bits per heavy atom. The van der Waals surface area contributed by atoms with Crippen LogP contribution in [0.4, 0.5) is 5.69 Å². The van der Waals surface area contributed by atoms with E-state index < -0.39 is 10.0 Å². The minimum absolute atomic E-state index is 0.295. The number of benzene rings is 1. The molecule has 1 aromatic carbocycles. The third-order valence-electron chi connectivity index (χ3n) is 2.60. The Kier molecular flexibility index (Phi) is 6.83. The van der Waals surface area contributed by atoms with Gasteiger partial charge in [0.1, 0.15) is 4.90 Å². The van der Waals surface area contributed by atoms with E-state index in [1.165, 1.54) is 0 Å². The van der Waals surface area contributed by atoms with Gasteiger partial charge < -0.3 is 10.1 Å². The number of anilines is 1. The van der Waals surface area contributed by atoms with E-state index in [0.717, 1.165) is 26.0 Å². The summed E-state index contributed by atoms with van der Waals surface area (Å²) in [5.74, 6) is 0. The molecule has 0 aliphatic carbocycles. The lowest BCUT2D eigenvalue weighted by Gasteiger charge is -2.12. The van der Waals surface area contributed by atoms with Gasteiger partial charge in [-0.1, -0.05) is 19.1 Å². The zero-order valence-corrected chi connectivity index (χ0v) is 12.3. The van der Waals surface area contributed by atoms with Crippen LogP contribution in [0.5, 0.6) is 0 Å². The highest BCUT2D eigenvalue weighted by atomic mass is 32.2. The molecule has 0 aliphatic rings. The molecule has 0 atom stereocenters. The Labute approximate surface area is 115 Å². The molecule has 108 valence electrons. The summed E-state index contributed by atoms with van der Waals surface area (Å²) in [7, 11) is -1.75. The second kappa shape index (κ2) is 8.14. The van der Waals surface area contributed by atoms with Crippen LogP contribution in [0, 0.1) is 0 Å². The molecule has 0 saturated carbocycles. The Hall–Kier alpha value is -1.11. The molecule has 2 N–H and O–H groups in total. The molecular weight excluding hydrogens is 264 g/mol. The normalized spacial score (nSPS) is 11.5. The van der Waals surface area contributed by atoms with Crippen LogP contribution in [0.25, 0.3) is 0 Å². The molecule has 6 heteroatoms. The molecule has 0 fully saturated rings. The molecule has 0 radical (unpaired) electrons. The van der Waals surface area contributed by atoms with Crippen molar-refractivity contribution in [1.82, 2.24) is 4.72 Å². The van der Waals surface area contributed by atoms with Crippen LogP contribution in [0.15, 0.2) is 29.2 Å². The van der Waals surface area contributed by atoms with E-state index in [1.54, 1.807) is 32.2 Å². The smallest absolute Gasteiger partial charge is 0.242 e. The van der Waals surface area contributed by atoms with Gasteiger partial charge in [-0.25, -0.2) is 13.1 Å². The van der Waals surface area contributed by atoms with Crippen molar-refractivity contribution in [3.05, 3.63) is 24.3 Å². The van der Waals surface area contributed by atoms with Gasteiger partial charge in [-0.05, 0) is 25.0 Å². The van der Waals surface area contributed by atoms with Gasteiger partial charge in [0.05, 0.1) is 5.69 Å². The topological polar surface area (TPSA) is 67.4 Å². The predicted molar refractivity (Wildman–Crippen MR) is 76.9 cm³/mol. The molecular formula is C13H22N2O3S. The Bertz CT molecular complexity index is 475. The fraction of sp³-hybridized carbons (Fsp3) is 0.538. The van der Waals surface area contributed by atoms with Gasteiger partial charge in [0, 0.05) is 26.8 Å². The molecule has 19 heavy (non-hydrogen) atoms. The van der Waals surface area contributed by atoms with Crippen LogP contribution in [0.2, 0.25) is 0 Å². The van der Waals surface area contributed by atoms with E-state index in [1.807, 2.05) is 6.07 Å². The molecule has 0 amide bonds. The zero-order valence-electron chi connectivity index (χ0n) is 11.5. The summed E-state index contributed by atoms with van der Waals surface area (Å²) in [5, 5.41) is 3.16. The molecule has 0 heterocycles. The number of ether oxygens (including phenoxy) is 1. The van der Waals surface area contributed by atoms with Crippen molar-refractivity contribution < 1.29 is 13.2 Å². The summed E-state index contributed by atoms with van der Waals surface area (Å²) in [5.41, 5.74) is 0.640. The van der Waals surface area contributed by atoms with Crippen molar-refractivity contribution in [2.45, 2.75) is 24.7 Å². The molecule has 0 aromatic heterocycles. The highest BCUT2D eigenvalue weighted by Crippen LogP contribution is 2.20. The summed E-state index contributed by atoms with van der Waals surface area (Å²) < 4.78 is 31.5. The summed E-state index contributed by atoms with van der Waals surface area (Å²) >= 11 is 0. The maximum Gasteiger partial charge on any atom is 0.242 e. The van der Waals surface area contributed by atoms with Crippen LogP contribution in [-0.2, 0) is 14.8 Å². The molecule has 1 aromatic rings. The number of methoxy groups -OCH3 is 1. The van der Waals surface area contributed by atoms with E-state index >= 15 is 0 Å². The zero-order chi connectivity index (χ0) is 14.1. The van der Waals surface area contributed by atoms with Crippen molar-refractivity contribution in [1.29, 1.82) is 0 Å². The van der Waals surface area contributed by atoms with Crippen LogP contribution in [0.3, 0.4) is 0 Å². The predicted octanol–water partition coefficient (Wildman–Crippen LogP) is 1.82. The lowest BCUT2D eigenvalue weighted by molar-refractivity contribution is 0.194. The molecule has 1 rings (SSSR count). The molecule has 0 aliphatic heterocycles. The van der Waals surface area contributed by atoms with Gasteiger partial charge in [0.2, 0.25) is 10.0 Å². The van der Waals surface area contributed by atoms with Crippen LogP contribution in [0.1, 0.15) is 19.8 Å². The van der Waals surface area contributed by atoms with Crippen LogP contribution >= 0.6 is 0 Å². The summed E-state index contributed by atoms with van der Waals surface area (Å²) in [6, 6.07) is 6.93. The van der Waals surface area contributed by atoms with E-state index in [4.69, 9.17) is 4.74 Å². The number of hydrogen-bond acceptors (Lipinski definition) is 4. The molecule has 5 nitrogen and oxygen atoms in total. The first-order chi connectivity index (χ1) is 9.11. The van der Waals surface area contributed by atoms with Gasteiger partial charge >= 0.3 is 0 Å². The second-order valence-electron chi connectivity index (χ2n) is 4.12. The average Bonchev–Trinajstić information content (AvgIpc) is 2.39. The van der Waals surface area contributed by atoms with E-state index in [9.17, 15) is 8.42 Å². The number of hydrogen-bond donors (Lipinski definition) is 2. The van der Waals surface area contributed by atoms with E-state index in [0.29, 0.717) is 17.1 Å². The maximum absolute atomic E-state index is 12.0. The SMILES string of the molecule is CCNS(=O)(=O)c1ccccc1NCCCCOC. The van der Waals surface area contributed by atoms with Gasteiger partial charge in [0.15, 0.2) is 0 Å². The summed E-state index contributed by atoms with van der Waals surface area (Å²) in [6.45, 7) is 3.59.